The molecule has 1 aromatic heterocycles. The second-order valence-corrected chi connectivity index (χ2v) is 3.83. The van der Waals surface area contributed by atoms with Gasteiger partial charge in [0.05, 0.1) is 17.7 Å². The van der Waals surface area contributed by atoms with Crippen LogP contribution < -0.4 is 5.56 Å². The van der Waals surface area contributed by atoms with Gasteiger partial charge in [0.15, 0.2) is 0 Å². The van der Waals surface area contributed by atoms with Gasteiger partial charge in [-0.1, -0.05) is 0 Å². The summed E-state index contributed by atoms with van der Waals surface area (Å²) in [5, 5.41) is 10.4. The summed E-state index contributed by atoms with van der Waals surface area (Å²) in [6.07, 6.45) is 1.05. The highest BCUT2D eigenvalue weighted by Gasteiger charge is 2.18. The van der Waals surface area contributed by atoms with E-state index in [0.29, 0.717) is 0 Å². The fraction of sp³-hybridized carbons (Fsp3) is 0.444. The molecule has 15 heavy (non-hydrogen) atoms. The summed E-state index contributed by atoms with van der Waals surface area (Å²) in [6, 6.07) is 2.16. The van der Waals surface area contributed by atoms with E-state index in [0.717, 1.165) is 22.9 Å². The van der Waals surface area contributed by atoms with Crippen molar-refractivity contribution in [2.24, 2.45) is 0 Å². The zero-order valence-electron chi connectivity index (χ0n) is 8.44. The minimum absolute atomic E-state index is 0.201. The number of rotatable bonds is 3. The minimum atomic E-state index is -1.58. The smallest absolute Gasteiger partial charge is 0.285 e. The molecule has 82 valence electrons. The van der Waals surface area contributed by atoms with E-state index in [1.54, 1.807) is 0 Å². The van der Waals surface area contributed by atoms with Crippen molar-refractivity contribution in [2.45, 2.75) is 26.1 Å². The van der Waals surface area contributed by atoms with Crippen LogP contribution in [0.15, 0.2) is 23.1 Å². The van der Waals surface area contributed by atoms with Gasteiger partial charge in [-0.3, -0.25) is 14.9 Å². The number of halogens is 1. The van der Waals surface area contributed by atoms with Crippen molar-refractivity contribution in [1.29, 1.82) is 0 Å². The largest absolute Gasteiger partial charge is 0.306 e. The molecule has 0 saturated heterocycles. The van der Waals surface area contributed by atoms with E-state index in [1.807, 2.05) is 0 Å². The van der Waals surface area contributed by atoms with Gasteiger partial charge in [0.2, 0.25) is 0 Å². The SMILES string of the molecule is CC(C)(F)Cn1cc([N+](=O)[O-])ccc1=O. The molecule has 6 heteroatoms. The van der Waals surface area contributed by atoms with Crippen LogP contribution in [-0.2, 0) is 6.54 Å². The third kappa shape index (κ3) is 3.16. The molecule has 0 atom stereocenters. The van der Waals surface area contributed by atoms with Crippen LogP contribution in [0, 0.1) is 10.1 Å². The number of alkyl halides is 1. The van der Waals surface area contributed by atoms with Crippen LogP contribution in [0.2, 0.25) is 0 Å². The Hall–Kier alpha value is -1.72. The Morgan fingerprint density at radius 3 is 2.60 bits per heavy atom. The molecule has 0 N–H and O–H groups in total. The summed E-state index contributed by atoms with van der Waals surface area (Å²) in [6.45, 7) is 2.41. The average molecular weight is 214 g/mol. The summed E-state index contributed by atoms with van der Waals surface area (Å²) in [4.78, 5) is 21.0. The second kappa shape index (κ2) is 3.80. The molecule has 0 amide bonds. The Balaban J connectivity index is 3.12. The Labute approximate surface area is 85.3 Å². The Kier molecular flexibility index (Phi) is 2.88. The topological polar surface area (TPSA) is 65.1 Å². The molecule has 0 aromatic carbocycles. The van der Waals surface area contributed by atoms with E-state index in [4.69, 9.17) is 0 Å². The van der Waals surface area contributed by atoms with Gasteiger partial charge in [0.1, 0.15) is 5.67 Å². The second-order valence-electron chi connectivity index (χ2n) is 3.83. The van der Waals surface area contributed by atoms with Crippen LogP contribution in [0.25, 0.3) is 0 Å². The highest BCUT2D eigenvalue weighted by atomic mass is 19.1. The summed E-state index contributed by atoms with van der Waals surface area (Å²) in [5.41, 5.74) is -2.26. The fourth-order valence-electron chi connectivity index (χ4n) is 1.16. The summed E-state index contributed by atoms with van der Waals surface area (Å²) in [5.74, 6) is 0. The third-order valence-electron chi connectivity index (χ3n) is 1.73. The quantitative estimate of drug-likeness (QED) is 0.565. The van der Waals surface area contributed by atoms with Crippen LogP contribution in [0.5, 0.6) is 0 Å². The molecular formula is C9H11FN2O3. The van der Waals surface area contributed by atoms with Gasteiger partial charge >= 0.3 is 0 Å². The number of hydrogen-bond acceptors (Lipinski definition) is 3. The normalized spacial score (nSPS) is 11.4. The minimum Gasteiger partial charge on any atom is -0.306 e. The first-order valence-electron chi connectivity index (χ1n) is 4.33. The third-order valence-corrected chi connectivity index (χ3v) is 1.73. The Morgan fingerprint density at radius 1 is 1.53 bits per heavy atom. The van der Waals surface area contributed by atoms with Crippen LogP contribution in [0.3, 0.4) is 0 Å². The van der Waals surface area contributed by atoms with Gasteiger partial charge in [-0.25, -0.2) is 4.39 Å². The molecule has 5 nitrogen and oxygen atoms in total. The molecule has 0 fully saturated rings. The van der Waals surface area contributed by atoms with Gasteiger partial charge in [-0.15, -0.1) is 0 Å². The van der Waals surface area contributed by atoms with Gasteiger partial charge < -0.3 is 4.57 Å². The molecule has 0 aliphatic carbocycles. The van der Waals surface area contributed by atoms with Crippen LogP contribution in [-0.4, -0.2) is 15.2 Å². The number of pyridine rings is 1. The van der Waals surface area contributed by atoms with Gasteiger partial charge in [0.25, 0.3) is 11.2 Å². The average Bonchev–Trinajstić information content (AvgIpc) is 2.06. The lowest BCUT2D eigenvalue weighted by molar-refractivity contribution is -0.385. The van der Waals surface area contributed by atoms with Crippen LogP contribution in [0.4, 0.5) is 10.1 Å². The number of hydrogen-bond donors (Lipinski definition) is 0. The maximum Gasteiger partial charge on any atom is 0.285 e. The molecule has 0 unspecified atom stereocenters. The van der Waals surface area contributed by atoms with Crippen molar-refractivity contribution < 1.29 is 9.31 Å². The highest BCUT2D eigenvalue weighted by Crippen LogP contribution is 2.13. The number of aromatic nitrogens is 1. The van der Waals surface area contributed by atoms with Crippen LogP contribution in [0.1, 0.15) is 13.8 Å². The van der Waals surface area contributed by atoms with E-state index in [9.17, 15) is 19.3 Å². The van der Waals surface area contributed by atoms with E-state index in [-0.39, 0.29) is 12.2 Å². The standard InChI is InChI=1S/C9H11FN2O3/c1-9(2,10)6-11-5-7(12(14)15)3-4-8(11)13/h3-5H,6H2,1-2H3. The maximum absolute atomic E-state index is 13.3. The lowest BCUT2D eigenvalue weighted by Gasteiger charge is -2.15. The summed E-state index contributed by atoms with van der Waals surface area (Å²) in [7, 11) is 0. The zero-order valence-corrected chi connectivity index (χ0v) is 8.44. The molecular weight excluding hydrogens is 203 g/mol. The van der Waals surface area contributed by atoms with Gasteiger partial charge in [0, 0.05) is 12.1 Å². The predicted molar refractivity (Wildman–Crippen MR) is 52.5 cm³/mol. The molecule has 0 bridgehead atoms. The van der Waals surface area contributed by atoms with Crippen molar-refractivity contribution >= 4 is 5.69 Å². The van der Waals surface area contributed by atoms with E-state index in [1.165, 1.54) is 13.8 Å². The molecule has 1 heterocycles. The van der Waals surface area contributed by atoms with Crippen molar-refractivity contribution in [3.8, 4) is 0 Å². The Morgan fingerprint density at radius 2 is 2.13 bits per heavy atom. The lowest BCUT2D eigenvalue weighted by atomic mass is 10.2. The predicted octanol–water partition coefficient (Wildman–Crippen LogP) is 1.50. The summed E-state index contributed by atoms with van der Waals surface area (Å²) < 4.78 is 14.3. The maximum atomic E-state index is 13.3. The molecule has 0 saturated carbocycles. The molecule has 1 rings (SSSR count). The van der Waals surface area contributed by atoms with Crippen molar-refractivity contribution in [3.05, 3.63) is 38.8 Å². The highest BCUT2D eigenvalue weighted by molar-refractivity contribution is 5.24. The van der Waals surface area contributed by atoms with Crippen molar-refractivity contribution in [1.82, 2.24) is 4.57 Å². The summed E-state index contributed by atoms with van der Waals surface area (Å²) >= 11 is 0. The lowest BCUT2D eigenvalue weighted by Crippen LogP contribution is -2.29. The number of nitro groups is 1. The zero-order chi connectivity index (χ0) is 11.6. The van der Waals surface area contributed by atoms with Crippen molar-refractivity contribution in [3.63, 3.8) is 0 Å². The number of nitrogens with zero attached hydrogens (tertiary/aromatic N) is 2. The van der Waals surface area contributed by atoms with E-state index < -0.39 is 16.2 Å². The Bertz CT molecular complexity index is 434. The molecule has 0 aliphatic heterocycles. The van der Waals surface area contributed by atoms with Crippen LogP contribution >= 0.6 is 0 Å². The van der Waals surface area contributed by atoms with Crippen molar-refractivity contribution in [2.75, 3.05) is 0 Å². The van der Waals surface area contributed by atoms with E-state index in [2.05, 4.69) is 0 Å². The van der Waals surface area contributed by atoms with E-state index >= 15 is 0 Å². The molecule has 0 spiro atoms. The monoisotopic (exact) mass is 214 g/mol. The molecule has 0 aliphatic rings. The first kappa shape index (κ1) is 11.4. The molecule has 0 radical (unpaired) electrons. The molecule has 1 aromatic rings. The first-order valence-corrected chi connectivity index (χ1v) is 4.33. The first-order chi connectivity index (χ1) is 6.79. The van der Waals surface area contributed by atoms with Gasteiger partial charge in [-0.2, -0.15) is 0 Å². The van der Waals surface area contributed by atoms with Gasteiger partial charge in [-0.05, 0) is 13.8 Å². The fourth-order valence-corrected chi connectivity index (χ4v) is 1.16.